The van der Waals surface area contributed by atoms with Gasteiger partial charge in [0, 0.05) is 5.56 Å². The molecule has 0 radical (unpaired) electrons. The van der Waals surface area contributed by atoms with Crippen molar-refractivity contribution in [1.82, 2.24) is 10.6 Å². The van der Waals surface area contributed by atoms with Crippen molar-refractivity contribution < 1.29 is 38.8 Å². The van der Waals surface area contributed by atoms with E-state index in [-0.39, 0.29) is 277 Å². The molecular formula is C47H143N2O8P67Si. The highest BCUT2D eigenvalue weighted by atomic mass is 33.5. The monoisotopic (exact) mass is 2970 g/mol. The number of benzene rings is 1. The molecule has 42 unspecified atom stereocenters. The number of rotatable bonds is 37. The van der Waals surface area contributed by atoms with E-state index in [0.29, 0.717) is 19.3 Å². The Morgan fingerprint density at radius 3 is 1.12 bits per heavy atom. The van der Waals surface area contributed by atoms with Crippen LogP contribution in [0.25, 0.3) is 0 Å². The molecule has 78 heteroatoms. The molecule has 728 valence electrons. The summed E-state index contributed by atoms with van der Waals surface area (Å²) >= 11 is 0. The summed E-state index contributed by atoms with van der Waals surface area (Å²) in [6, 6.07) is 9.74. The predicted octanol–water partition coefficient (Wildman–Crippen LogP) is 46.9. The number of aliphatic hydroxyl groups excluding tert-OH is 2. The first kappa shape index (κ1) is 148. The number of hydrogen-bond donors (Lipinski definition) is 5. The predicted molar refractivity (Wildman–Crippen MR) is 798 cm³/mol. The van der Waals surface area contributed by atoms with Crippen molar-refractivity contribution >= 4 is 557 Å². The summed E-state index contributed by atoms with van der Waals surface area (Å²) in [5, 5.41) is 36.4. The summed E-state index contributed by atoms with van der Waals surface area (Å²) in [5.41, 5.74) is 1.16. The van der Waals surface area contributed by atoms with Gasteiger partial charge in [0.1, 0.15) is 12.2 Å². The topological polar surface area (TPSA) is 147 Å². The van der Waals surface area contributed by atoms with Gasteiger partial charge >= 0.3 is 0 Å². The SMILES string of the molecule is C=C/C=C(\C)[C@@H]1C/C=C/[C@@H]2O[C@H](c3ccccc3)O[C@]2(C)CCC(O[Si](C)(C)C(C)(C)C)CC(=O)N1.C=C/C=C(\C)[C@@H]1C/C=C/[C@H](O)[C@](C)(O)CC[C@@H](O)CC(=O)N1.PP(P)P(P(P)P)P(P(P)P)P(P(P(P)P)P(P)P)P(P(P(P)P)P(P)P)P(P(P)P)P(P)P.PPP(P(P)P)P(P(P)P)P(P(P(P)P)P(P)P)P(P(P(P)P)P(P)P)P(P(P)P)P(P)P. The molecule has 1 aromatic carbocycles. The highest BCUT2D eigenvalue weighted by Gasteiger charge is 2.56. The number of ether oxygens (including phenoxy) is 2. The lowest BCUT2D eigenvalue weighted by Crippen LogP contribution is -2.47. The molecule has 0 bridgehead atoms. The van der Waals surface area contributed by atoms with Crippen LogP contribution in [-0.2, 0) is 23.5 Å². The van der Waals surface area contributed by atoms with Gasteiger partial charge in [-0.2, -0.15) is 0 Å². The highest BCUT2D eigenvalue weighted by Crippen LogP contribution is 3.42. The van der Waals surface area contributed by atoms with Crippen molar-refractivity contribution in [2.24, 2.45) is 0 Å². The quantitative estimate of drug-likeness (QED) is 0.0192. The first-order valence-corrected chi connectivity index (χ1v) is 159. The van der Waals surface area contributed by atoms with Gasteiger partial charge in [0.15, 0.2) is 14.6 Å². The number of fused-ring (bicyclic) bond motifs is 1. The fraction of sp³-hybridized carbons (Fsp3) is 0.574. The van der Waals surface area contributed by atoms with E-state index in [0.717, 1.165) is 37.5 Å². The number of hydrogen-bond acceptors (Lipinski definition) is 8. The second-order valence-electron chi connectivity index (χ2n) is 28.4. The van der Waals surface area contributed by atoms with Crippen LogP contribution in [-0.4, -0.2) is 83.2 Å². The molecule has 3 aliphatic heterocycles. The summed E-state index contributed by atoms with van der Waals surface area (Å²) in [7, 11) is 115. The summed E-state index contributed by atoms with van der Waals surface area (Å²) in [6.45, 7) is 25.1. The van der Waals surface area contributed by atoms with E-state index in [9.17, 15) is 24.9 Å². The molecule has 125 heavy (non-hydrogen) atoms. The normalized spacial score (nSPS) is 24.3. The van der Waals surface area contributed by atoms with Gasteiger partial charge in [-0.3, -0.25) is 9.59 Å². The smallest absolute Gasteiger partial charge is 0.223 e. The fourth-order valence-electron chi connectivity index (χ4n) is 10.6. The Morgan fingerprint density at radius 1 is 0.480 bits per heavy atom. The second-order valence-corrected chi connectivity index (χ2v) is 303. The van der Waals surface area contributed by atoms with Crippen LogP contribution in [0.15, 0.2) is 103 Å². The van der Waals surface area contributed by atoms with Crippen LogP contribution in [0.4, 0.5) is 0 Å². The van der Waals surface area contributed by atoms with E-state index < -0.39 is 38.0 Å². The summed E-state index contributed by atoms with van der Waals surface area (Å²) in [4.78, 5) is 25.2. The Labute approximate surface area is 876 Å². The van der Waals surface area contributed by atoms with Crippen molar-refractivity contribution in [1.29, 1.82) is 0 Å². The Hall–Kier alpha value is 25.4. The van der Waals surface area contributed by atoms with E-state index >= 15 is 0 Å². The van der Waals surface area contributed by atoms with Gasteiger partial charge in [-0.05, 0) is 301 Å². The van der Waals surface area contributed by atoms with Crippen molar-refractivity contribution in [2.45, 2.75) is 172 Å². The number of allylic oxidation sites excluding steroid dienone is 4. The Balaban J connectivity index is 0.000000844. The van der Waals surface area contributed by atoms with Crippen molar-refractivity contribution in [3.8, 4) is 0 Å². The van der Waals surface area contributed by atoms with Crippen LogP contribution >= 0.6 is 537 Å². The minimum Gasteiger partial charge on any atom is -0.413 e. The zero-order valence-electron chi connectivity index (χ0n) is 71.1. The van der Waals surface area contributed by atoms with E-state index in [1.54, 1.807) is 18.2 Å². The average Bonchev–Trinajstić information content (AvgIpc) is 1.59. The molecule has 10 nitrogen and oxygen atoms in total. The Kier molecular flexibility index (Phi) is 92.6. The lowest BCUT2D eigenvalue weighted by Gasteiger charge is -2.54. The first-order chi connectivity index (χ1) is 57.5. The molecule has 3 aliphatic rings. The highest BCUT2D eigenvalue weighted by molar-refractivity contribution is 9.48. The molecule has 0 saturated carbocycles. The number of amides is 2. The van der Waals surface area contributed by atoms with E-state index in [4.69, 9.17) is 13.9 Å². The maximum Gasteiger partial charge on any atom is 0.223 e. The van der Waals surface area contributed by atoms with Crippen LogP contribution in [0.5, 0.6) is 0 Å². The summed E-state index contributed by atoms with van der Waals surface area (Å²) < 4.78 is 19.8. The van der Waals surface area contributed by atoms with Gasteiger partial charge in [0.25, 0.3) is 0 Å². The van der Waals surface area contributed by atoms with Crippen molar-refractivity contribution in [2.75, 3.05) is 0 Å². The number of aliphatic hydroxyl groups is 3. The third-order valence-corrected chi connectivity index (χ3v) is 468. The molecule has 1 saturated heterocycles. The molecule has 0 aliphatic carbocycles. The van der Waals surface area contributed by atoms with Gasteiger partial charge in [0.05, 0.1) is 48.3 Å². The average molecular weight is 2970 g/mol. The number of carbonyl (C=O) groups excluding carboxylic acids is 2. The maximum atomic E-state index is 13.2. The zero-order chi connectivity index (χ0) is 96.9. The number of nitrogens with one attached hydrogen (secondary N) is 2. The minimum atomic E-state index is -2.08. The van der Waals surface area contributed by atoms with E-state index in [1.807, 2.05) is 56.3 Å². The molecule has 0 spiro atoms. The Morgan fingerprint density at radius 2 is 0.800 bits per heavy atom. The molecular weight excluding hydrogens is 2820 g/mol. The molecule has 2 amide bonds. The van der Waals surface area contributed by atoms with Crippen LogP contribution in [0.3, 0.4) is 0 Å². The Bertz CT molecular complexity index is 3300. The van der Waals surface area contributed by atoms with Gasteiger partial charge in [-0.1, -0.05) is 132 Å². The minimum absolute atomic E-state index is 0.000249. The fourth-order valence-corrected chi connectivity index (χ4v) is 912. The van der Waals surface area contributed by atoms with Gasteiger partial charge in [0.2, 0.25) is 11.8 Å². The van der Waals surface area contributed by atoms with Gasteiger partial charge < -0.3 is 39.9 Å². The zero-order valence-corrected chi connectivity index (χ0v) is 141. The molecule has 0 aromatic heterocycles. The van der Waals surface area contributed by atoms with Crippen LogP contribution in [0.2, 0.25) is 18.1 Å². The summed E-state index contributed by atoms with van der Waals surface area (Å²) in [5.74, 6) is -0.217. The molecule has 1 aromatic rings. The third-order valence-electron chi connectivity index (χ3n) is 17.5. The van der Waals surface area contributed by atoms with Gasteiger partial charge in [-0.15, -0.1) is 312 Å². The lowest BCUT2D eigenvalue weighted by atomic mass is 9.90. The number of carbonyl (C=O) groups is 2. The molecule has 1 fully saturated rings. The second kappa shape index (κ2) is 78.0. The first-order valence-electron chi connectivity index (χ1n) is 35.8. The maximum absolute atomic E-state index is 13.2. The third kappa shape index (κ3) is 54.3. The van der Waals surface area contributed by atoms with E-state index in [1.165, 1.54) is 13.0 Å². The molecule has 4 rings (SSSR count). The van der Waals surface area contributed by atoms with E-state index in [2.05, 4.69) is 389 Å². The molecule has 3 heterocycles. The van der Waals surface area contributed by atoms with Gasteiger partial charge in [-0.25, -0.2) is 0 Å². The van der Waals surface area contributed by atoms with Crippen molar-refractivity contribution in [3.63, 3.8) is 0 Å². The van der Waals surface area contributed by atoms with Crippen LogP contribution in [0, 0.1) is 0 Å². The summed E-state index contributed by atoms with van der Waals surface area (Å²) in [6.07, 6.45) is 15.4. The van der Waals surface area contributed by atoms with Crippen molar-refractivity contribution in [3.05, 3.63) is 109 Å². The van der Waals surface area contributed by atoms with Crippen LogP contribution < -0.4 is 10.6 Å². The lowest BCUT2D eigenvalue weighted by molar-refractivity contribution is -0.124. The standard InChI is InChI=1S/C30H45NO4Si.C17H27NO4.H36P34.H35P33/c1-9-14-22(2)25-17-13-18-26-30(6,34-28(33-26)23-15-11-10-12-16-23)20-19-24(21-27(32)31-25)35-36(7,8)29(3,4)5;1-4-6-12(2)14-7-5-8-15(20)17(3,22)10-9-13(19)11-16(21)18-14;1-19(2)28(20(3)4)32(27(17)18)34(31(25(13)14)26(15)16)33(29(21(5)6)22(7)8)30(23(9)10)24(11)12;1-18-27(19(2)3)31(26(16)17)33(30(24(12)13)25(14)15)32(28(20(4)5)21(6)7)29(22(8)9)23(10)11/h9-16,18,24-26,28H,1,17,19-21H2,2-8H3,(H,31,32);4-6,8,13-15,19-20,22H,1,7,9-11H2,2-3H3,(H,18,21);1-18H2;18H,1-17H2/b18-13+,22-14+;8-5+,12-6+;;/t24?,25-,26-,28-,30+;13-,14+,15+,17-;;/m01../s1. The van der Waals surface area contributed by atoms with Crippen LogP contribution in [0.1, 0.15) is 112 Å². The largest absolute Gasteiger partial charge is 0.413 e. The molecule has 5 N–H and O–H groups in total. The molecule has 50 atom stereocenters.